The number of rotatable bonds is 5. The van der Waals surface area contributed by atoms with E-state index < -0.39 is 5.60 Å². The van der Waals surface area contributed by atoms with E-state index in [1.165, 1.54) is 0 Å². The lowest BCUT2D eigenvalue weighted by molar-refractivity contribution is 0.0243. The summed E-state index contributed by atoms with van der Waals surface area (Å²) in [5.41, 5.74) is 5.28. The Morgan fingerprint density at radius 3 is 2.52 bits per heavy atom. The molecule has 1 fully saturated rings. The highest BCUT2D eigenvalue weighted by atomic mass is 16.6. The van der Waals surface area contributed by atoms with Gasteiger partial charge in [-0.1, -0.05) is 0 Å². The van der Waals surface area contributed by atoms with Gasteiger partial charge in [-0.05, 0) is 40.7 Å². The van der Waals surface area contributed by atoms with Gasteiger partial charge >= 0.3 is 6.09 Å². The van der Waals surface area contributed by atoms with Crippen molar-refractivity contribution in [3.8, 4) is 0 Å². The quantitative estimate of drug-likeness (QED) is 0.829. The van der Waals surface area contributed by atoms with Gasteiger partial charge in [0.1, 0.15) is 5.60 Å². The highest BCUT2D eigenvalue weighted by molar-refractivity contribution is 5.68. The maximum Gasteiger partial charge on any atom is 0.410 e. The molecule has 1 heterocycles. The first-order chi connectivity index (χ1) is 9.85. The van der Waals surface area contributed by atoms with Gasteiger partial charge in [0.15, 0.2) is 0 Å². The number of nitrogens with zero attached hydrogens (tertiary/aromatic N) is 2. The zero-order valence-electron chi connectivity index (χ0n) is 13.9. The molecule has 1 rings (SSSR count). The highest BCUT2D eigenvalue weighted by Gasteiger charge is 2.25. The maximum atomic E-state index is 12.1. The molecule has 6 heteroatoms. The fraction of sp³-hybridized carbons (Fsp3) is 0.933. The molecule has 0 aromatic carbocycles. The predicted molar refractivity (Wildman–Crippen MR) is 83.3 cm³/mol. The number of amides is 1. The molecule has 6 nitrogen and oxygen atoms in total. The van der Waals surface area contributed by atoms with Gasteiger partial charge < -0.3 is 20.1 Å². The second kappa shape index (κ2) is 8.56. The summed E-state index contributed by atoms with van der Waals surface area (Å²) in [7, 11) is 0. The molecule has 1 amide bonds. The van der Waals surface area contributed by atoms with Crippen LogP contribution in [0.5, 0.6) is 0 Å². The smallest absolute Gasteiger partial charge is 0.410 e. The molecule has 0 aromatic heterocycles. The van der Waals surface area contributed by atoms with Crippen molar-refractivity contribution in [1.82, 2.24) is 9.80 Å². The van der Waals surface area contributed by atoms with E-state index in [4.69, 9.17) is 15.2 Å². The molecule has 1 aliphatic heterocycles. The molecule has 124 valence electrons. The molecule has 1 atom stereocenters. The summed E-state index contributed by atoms with van der Waals surface area (Å²) >= 11 is 0. The van der Waals surface area contributed by atoms with Crippen molar-refractivity contribution in [3.05, 3.63) is 0 Å². The van der Waals surface area contributed by atoms with Gasteiger partial charge in [-0.2, -0.15) is 0 Å². The summed E-state index contributed by atoms with van der Waals surface area (Å²) < 4.78 is 11.0. The monoisotopic (exact) mass is 301 g/mol. The standard InChI is InChI=1S/C15H31N3O3/c1-5-20-13(11-16)12-17-7-6-8-18(10-9-17)14(19)21-15(2,3)4/h13H,5-12,16H2,1-4H3. The van der Waals surface area contributed by atoms with E-state index in [0.29, 0.717) is 19.7 Å². The normalized spacial score (nSPS) is 19.2. The first-order valence-corrected chi connectivity index (χ1v) is 7.87. The van der Waals surface area contributed by atoms with Crippen molar-refractivity contribution < 1.29 is 14.3 Å². The third kappa shape index (κ3) is 7.11. The molecule has 0 saturated carbocycles. The fourth-order valence-corrected chi connectivity index (χ4v) is 2.38. The largest absolute Gasteiger partial charge is 0.444 e. The molecule has 0 radical (unpaired) electrons. The summed E-state index contributed by atoms with van der Waals surface area (Å²) in [5.74, 6) is 0. The Bertz CT molecular complexity index is 318. The van der Waals surface area contributed by atoms with E-state index in [0.717, 1.165) is 32.6 Å². The van der Waals surface area contributed by atoms with Crippen LogP contribution in [-0.4, -0.2) is 73.5 Å². The van der Waals surface area contributed by atoms with Crippen molar-refractivity contribution in [1.29, 1.82) is 0 Å². The van der Waals surface area contributed by atoms with Crippen molar-refractivity contribution >= 4 is 6.09 Å². The molecule has 1 saturated heterocycles. The van der Waals surface area contributed by atoms with Gasteiger partial charge in [-0.3, -0.25) is 4.90 Å². The van der Waals surface area contributed by atoms with Gasteiger partial charge in [0.05, 0.1) is 6.10 Å². The Morgan fingerprint density at radius 2 is 1.95 bits per heavy atom. The molecule has 21 heavy (non-hydrogen) atoms. The van der Waals surface area contributed by atoms with E-state index >= 15 is 0 Å². The number of nitrogens with two attached hydrogens (primary N) is 1. The van der Waals surface area contributed by atoms with Crippen LogP contribution < -0.4 is 5.73 Å². The van der Waals surface area contributed by atoms with E-state index in [-0.39, 0.29) is 12.2 Å². The maximum absolute atomic E-state index is 12.1. The highest BCUT2D eigenvalue weighted by Crippen LogP contribution is 2.12. The minimum absolute atomic E-state index is 0.0723. The number of carbonyl (C=O) groups is 1. The molecule has 1 aliphatic rings. The Kier molecular flexibility index (Phi) is 7.42. The molecular formula is C15H31N3O3. The van der Waals surface area contributed by atoms with Crippen LogP contribution in [0.2, 0.25) is 0 Å². The van der Waals surface area contributed by atoms with Crippen LogP contribution in [0, 0.1) is 0 Å². The van der Waals surface area contributed by atoms with Gasteiger partial charge in [0.2, 0.25) is 0 Å². The zero-order chi connectivity index (χ0) is 15.9. The van der Waals surface area contributed by atoms with E-state index in [1.54, 1.807) is 4.90 Å². The van der Waals surface area contributed by atoms with Crippen LogP contribution in [0.1, 0.15) is 34.1 Å². The lowest BCUT2D eigenvalue weighted by Crippen LogP contribution is -2.41. The SMILES string of the molecule is CCOC(CN)CN1CCCN(C(=O)OC(C)(C)C)CC1. The number of carbonyl (C=O) groups excluding carboxylic acids is 1. The van der Waals surface area contributed by atoms with Crippen LogP contribution >= 0.6 is 0 Å². The van der Waals surface area contributed by atoms with Crippen LogP contribution in [0.4, 0.5) is 4.79 Å². The van der Waals surface area contributed by atoms with Crippen LogP contribution in [0.25, 0.3) is 0 Å². The van der Waals surface area contributed by atoms with Crippen molar-refractivity contribution in [2.45, 2.75) is 45.8 Å². The first kappa shape index (κ1) is 18.2. The summed E-state index contributed by atoms with van der Waals surface area (Å²) in [4.78, 5) is 16.2. The second-order valence-corrected chi connectivity index (χ2v) is 6.43. The van der Waals surface area contributed by atoms with E-state index in [2.05, 4.69) is 4.90 Å². The summed E-state index contributed by atoms with van der Waals surface area (Å²) in [6, 6.07) is 0. The summed E-state index contributed by atoms with van der Waals surface area (Å²) in [6.45, 7) is 12.9. The average Bonchev–Trinajstić information content (AvgIpc) is 2.62. The molecule has 0 spiro atoms. The van der Waals surface area contributed by atoms with Gasteiger partial charge in [0.25, 0.3) is 0 Å². The molecule has 1 unspecified atom stereocenters. The zero-order valence-corrected chi connectivity index (χ0v) is 13.9. The average molecular weight is 301 g/mol. The predicted octanol–water partition coefficient (Wildman–Crippen LogP) is 1.29. The fourth-order valence-electron chi connectivity index (χ4n) is 2.38. The molecule has 2 N–H and O–H groups in total. The second-order valence-electron chi connectivity index (χ2n) is 6.43. The van der Waals surface area contributed by atoms with E-state index in [9.17, 15) is 4.79 Å². The minimum atomic E-state index is -0.442. The summed E-state index contributed by atoms with van der Waals surface area (Å²) in [6.07, 6.45) is 0.801. The number of hydrogen-bond acceptors (Lipinski definition) is 5. The Hall–Kier alpha value is -0.850. The van der Waals surface area contributed by atoms with Gasteiger partial charge in [-0.25, -0.2) is 4.79 Å². The molecule has 0 bridgehead atoms. The topological polar surface area (TPSA) is 68.0 Å². The third-order valence-corrected chi connectivity index (χ3v) is 3.37. The molecular weight excluding hydrogens is 270 g/mol. The number of ether oxygens (including phenoxy) is 2. The first-order valence-electron chi connectivity index (χ1n) is 7.87. The summed E-state index contributed by atoms with van der Waals surface area (Å²) in [5, 5.41) is 0. The van der Waals surface area contributed by atoms with Crippen LogP contribution in [-0.2, 0) is 9.47 Å². The Morgan fingerprint density at radius 1 is 1.24 bits per heavy atom. The van der Waals surface area contributed by atoms with Crippen LogP contribution in [0.3, 0.4) is 0 Å². The Labute approximate surface area is 128 Å². The molecule has 0 aromatic rings. The number of hydrogen-bond donors (Lipinski definition) is 1. The lowest BCUT2D eigenvalue weighted by Gasteiger charge is -2.27. The Balaban J connectivity index is 2.44. The van der Waals surface area contributed by atoms with Gasteiger partial charge in [0, 0.05) is 39.3 Å². The minimum Gasteiger partial charge on any atom is -0.444 e. The van der Waals surface area contributed by atoms with Crippen molar-refractivity contribution in [2.75, 3.05) is 45.9 Å². The third-order valence-electron chi connectivity index (χ3n) is 3.37. The van der Waals surface area contributed by atoms with Crippen LogP contribution in [0.15, 0.2) is 0 Å². The molecule has 0 aliphatic carbocycles. The lowest BCUT2D eigenvalue weighted by atomic mass is 10.2. The van der Waals surface area contributed by atoms with Gasteiger partial charge in [-0.15, -0.1) is 0 Å². The van der Waals surface area contributed by atoms with Crippen molar-refractivity contribution in [3.63, 3.8) is 0 Å². The van der Waals surface area contributed by atoms with Crippen molar-refractivity contribution in [2.24, 2.45) is 5.73 Å². The van der Waals surface area contributed by atoms with E-state index in [1.807, 2.05) is 27.7 Å².